The number of hydrogen-bond acceptors (Lipinski definition) is 2. The number of halogens is 7. The number of aliphatic hydroxyl groups excluding tert-OH is 1. The minimum absolute atomic E-state index is 0. The van der Waals surface area contributed by atoms with Crippen LogP contribution in [0.3, 0.4) is 0 Å². The molecule has 146 valence electrons. The summed E-state index contributed by atoms with van der Waals surface area (Å²) >= 11 is 0. The smallest absolute Gasteiger partial charge is 0.396 e. The van der Waals surface area contributed by atoms with Gasteiger partial charge in [-0.3, -0.25) is 0 Å². The van der Waals surface area contributed by atoms with E-state index in [1.165, 1.54) is 5.56 Å². The number of alkyl halides is 6. The monoisotopic (exact) mass is 401 g/mol. The number of aliphatic hydroxyl groups is 1. The highest BCUT2D eigenvalue weighted by Crippen LogP contribution is 2.42. The fourth-order valence-electron chi connectivity index (χ4n) is 2.11. The molecule has 0 radical (unpaired) electrons. The maximum absolute atomic E-state index is 12.6. The summed E-state index contributed by atoms with van der Waals surface area (Å²) in [4.78, 5) is 0. The van der Waals surface area contributed by atoms with E-state index >= 15 is 0 Å². The first-order valence-electron chi connectivity index (χ1n) is 7.22. The molecule has 0 atom stereocenters. The largest absolute Gasteiger partial charge is 0.417 e. The van der Waals surface area contributed by atoms with Crippen LogP contribution in [0.1, 0.15) is 22.3 Å². The molecule has 0 fully saturated rings. The molecule has 3 N–H and O–H groups in total. The van der Waals surface area contributed by atoms with Crippen LogP contribution in [0.2, 0.25) is 0 Å². The molecular formula is C17H18ClF6NO. The molecule has 0 aliphatic heterocycles. The lowest BCUT2D eigenvalue weighted by molar-refractivity contribution is -0.162. The molecule has 26 heavy (non-hydrogen) atoms. The van der Waals surface area contributed by atoms with Crippen molar-refractivity contribution in [1.29, 1.82) is 0 Å². The Morgan fingerprint density at radius 2 is 1.38 bits per heavy atom. The molecule has 0 heterocycles. The Labute approximate surface area is 153 Å². The maximum atomic E-state index is 12.6. The second kappa shape index (κ2) is 10.4. The van der Waals surface area contributed by atoms with Gasteiger partial charge in [-0.05, 0) is 23.6 Å². The van der Waals surface area contributed by atoms with Crippen molar-refractivity contribution in [2.24, 2.45) is 5.73 Å². The number of hydrogen-bond donors (Lipinski definition) is 2. The van der Waals surface area contributed by atoms with Gasteiger partial charge in [0.05, 0.1) is 11.1 Å². The van der Waals surface area contributed by atoms with Crippen molar-refractivity contribution in [3.8, 4) is 0 Å². The third kappa shape index (κ3) is 7.23. The van der Waals surface area contributed by atoms with Crippen molar-refractivity contribution in [2.75, 3.05) is 6.61 Å². The van der Waals surface area contributed by atoms with E-state index in [0.717, 1.165) is 12.1 Å². The van der Waals surface area contributed by atoms with Gasteiger partial charge in [0.15, 0.2) is 0 Å². The summed E-state index contributed by atoms with van der Waals surface area (Å²) in [5, 5.41) is 8.55. The van der Waals surface area contributed by atoms with E-state index < -0.39 is 42.1 Å². The van der Waals surface area contributed by atoms with Crippen LogP contribution in [0.15, 0.2) is 48.5 Å². The summed E-state index contributed by atoms with van der Waals surface area (Å²) < 4.78 is 75.1. The summed E-state index contributed by atoms with van der Waals surface area (Å²) in [5.74, 6) is 0. The fourth-order valence-corrected chi connectivity index (χ4v) is 2.11. The summed E-state index contributed by atoms with van der Waals surface area (Å²) in [7, 11) is 0. The van der Waals surface area contributed by atoms with Crippen LogP contribution in [0, 0.1) is 0 Å². The minimum atomic E-state index is -5.10. The molecule has 2 nitrogen and oxygen atoms in total. The number of rotatable bonds is 3. The first kappa shape index (κ1) is 24.2. The molecule has 0 spiro atoms. The molecule has 0 aliphatic rings. The van der Waals surface area contributed by atoms with Crippen LogP contribution in [0.25, 0.3) is 0 Å². The van der Waals surface area contributed by atoms with Crippen LogP contribution < -0.4 is 5.73 Å². The van der Waals surface area contributed by atoms with E-state index in [4.69, 9.17) is 10.8 Å². The Hall–Kier alpha value is -1.77. The summed E-state index contributed by atoms with van der Waals surface area (Å²) in [5.41, 5.74) is 2.53. The highest BCUT2D eigenvalue weighted by atomic mass is 35.5. The van der Waals surface area contributed by atoms with E-state index in [1.807, 2.05) is 30.3 Å². The Morgan fingerprint density at radius 1 is 0.808 bits per heavy atom. The van der Waals surface area contributed by atoms with Gasteiger partial charge in [-0.1, -0.05) is 42.5 Å². The molecular weight excluding hydrogens is 384 g/mol. The van der Waals surface area contributed by atoms with E-state index in [9.17, 15) is 26.3 Å². The highest BCUT2D eigenvalue weighted by Gasteiger charge is 2.44. The predicted octanol–water partition coefficient (Wildman–Crippen LogP) is 4.83. The van der Waals surface area contributed by atoms with Gasteiger partial charge in [0.25, 0.3) is 0 Å². The van der Waals surface area contributed by atoms with Gasteiger partial charge >= 0.3 is 12.4 Å². The first-order valence-corrected chi connectivity index (χ1v) is 7.22. The van der Waals surface area contributed by atoms with Crippen molar-refractivity contribution >= 4 is 12.4 Å². The van der Waals surface area contributed by atoms with Crippen LogP contribution >= 0.6 is 12.4 Å². The molecule has 2 aromatic carbocycles. The quantitative estimate of drug-likeness (QED) is 0.724. The average Bonchev–Trinajstić information content (AvgIpc) is 2.54. The second-order valence-electron chi connectivity index (χ2n) is 5.00. The van der Waals surface area contributed by atoms with Crippen molar-refractivity contribution in [2.45, 2.75) is 25.3 Å². The third-order valence-corrected chi connectivity index (χ3v) is 3.20. The molecule has 0 aliphatic carbocycles. The van der Waals surface area contributed by atoms with Gasteiger partial charge in [-0.25, -0.2) is 0 Å². The van der Waals surface area contributed by atoms with Gasteiger partial charge in [0, 0.05) is 13.2 Å². The van der Waals surface area contributed by atoms with Crippen molar-refractivity contribution < 1.29 is 31.4 Å². The zero-order valence-electron chi connectivity index (χ0n) is 13.4. The molecule has 0 unspecified atom stereocenters. The van der Waals surface area contributed by atoms with Gasteiger partial charge < -0.3 is 10.8 Å². The lowest BCUT2D eigenvalue weighted by Gasteiger charge is -2.18. The lowest BCUT2D eigenvalue weighted by atomic mass is 9.98. The molecule has 2 aromatic rings. The van der Waals surface area contributed by atoms with E-state index in [2.05, 4.69) is 0 Å². The Kier molecular flexibility index (Phi) is 9.69. The lowest BCUT2D eigenvalue weighted by Crippen LogP contribution is -2.19. The molecule has 0 amide bonds. The molecule has 9 heteroatoms. The third-order valence-electron chi connectivity index (χ3n) is 3.20. The Morgan fingerprint density at radius 3 is 1.77 bits per heavy atom. The zero-order valence-corrected chi connectivity index (χ0v) is 14.3. The first-order chi connectivity index (χ1) is 11.6. The van der Waals surface area contributed by atoms with Crippen LogP contribution in [-0.2, 0) is 25.3 Å². The van der Waals surface area contributed by atoms with E-state index in [1.54, 1.807) is 0 Å². The summed E-state index contributed by atoms with van der Waals surface area (Å²) in [6.45, 7) is -0.00870. The predicted molar refractivity (Wildman–Crippen MR) is 88.8 cm³/mol. The van der Waals surface area contributed by atoms with Crippen molar-refractivity contribution in [3.63, 3.8) is 0 Å². The molecule has 2 rings (SSSR count). The maximum Gasteiger partial charge on any atom is 0.417 e. The number of benzene rings is 2. The second-order valence-corrected chi connectivity index (χ2v) is 5.00. The molecule has 0 saturated heterocycles. The SMILES string of the molecule is Cl.NCc1ccccc1.OCCc1cccc(C(F)(F)F)c1C(F)(F)F. The van der Waals surface area contributed by atoms with E-state index in [-0.39, 0.29) is 12.4 Å². The van der Waals surface area contributed by atoms with Gasteiger partial charge in [0.2, 0.25) is 0 Å². The molecule has 0 bridgehead atoms. The van der Waals surface area contributed by atoms with Crippen LogP contribution in [0.4, 0.5) is 26.3 Å². The van der Waals surface area contributed by atoms with E-state index in [0.29, 0.717) is 12.6 Å². The molecule has 0 aromatic heterocycles. The summed E-state index contributed by atoms with van der Waals surface area (Å²) in [6.07, 6.45) is -10.6. The Balaban J connectivity index is 0.000000583. The van der Waals surface area contributed by atoms with Gasteiger partial charge in [-0.15, -0.1) is 12.4 Å². The zero-order chi connectivity index (χ0) is 19.1. The van der Waals surface area contributed by atoms with Gasteiger partial charge in [0.1, 0.15) is 0 Å². The average molecular weight is 402 g/mol. The van der Waals surface area contributed by atoms with Crippen LogP contribution in [-0.4, -0.2) is 11.7 Å². The van der Waals surface area contributed by atoms with Gasteiger partial charge in [-0.2, -0.15) is 26.3 Å². The van der Waals surface area contributed by atoms with Crippen LogP contribution in [0.5, 0.6) is 0 Å². The Bertz CT molecular complexity index is 659. The standard InChI is InChI=1S/C10H8F6O.C7H9N.ClH/c11-9(12,13)7-3-1-2-6(4-5-17)8(7)10(14,15)16;8-6-7-4-2-1-3-5-7;/h1-3,17H,4-5H2;1-5H,6,8H2;1H. The normalized spacial score (nSPS) is 11.2. The minimum Gasteiger partial charge on any atom is -0.396 e. The van der Waals surface area contributed by atoms with Crippen molar-refractivity contribution in [3.05, 3.63) is 70.8 Å². The molecule has 0 saturated carbocycles. The van der Waals surface area contributed by atoms with Crippen molar-refractivity contribution in [1.82, 2.24) is 0 Å². The number of nitrogens with two attached hydrogens (primary N) is 1. The topological polar surface area (TPSA) is 46.2 Å². The summed E-state index contributed by atoms with van der Waals surface area (Å²) in [6, 6.07) is 12.2. The fraction of sp³-hybridized carbons (Fsp3) is 0.294. The highest BCUT2D eigenvalue weighted by molar-refractivity contribution is 5.85.